The Morgan fingerprint density at radius 1 is 1.40 bits per heavy atom. The van der Waals surface area contributed by atoms with Crippen molar-refractivity contribution in [2.75, 3.05) is 26.0 Å². The van der Waals surface area contributed by atoms with Crippen molar-refractivity contribution in [3.05, 3.63) is 17.8 Å². The average molecular weight is 278 g/mol. The number of anilines is 1. The van der Waals surface area contributed by atoms with Gasteiger partial charge in [-0.25, -0.2) is 0 Å². The molecule has 20 heavy (non-hydrogen) atoms. The van der Waals surface area contributed by atoms with Crippen LogP contribution in [0.3, 0.4) is 0 Å². The fraction of sp³-hybridized carbons (Fsp3) is 0.643. The molecule has 2 unspecified atom stereocenters. The Kier molecular flexibility index (Phi) is 4.89. The molecule has 6 nitrogen and oxygen atoms in total. The monoisotopic (exact) mass is 278 g/mol. The van der Waals surface area contributed by atoms with Crippen LogP contribution in [-0.2, 0) is 0 Å². The second-order valence-electron chi connectivity index (χ2n) is 5.57. The van der Waals surface area contributed by atoms with Crippen molar-refractivity contribution >= 4 is 11.7 Å². The van der Waals surface area contributed by atoms with Gasteiger partial charge in [-0.2, -0.15) is 0 Å². The number of nitrogens with one attached hydrogen (secondary N) is 1. The van der Waals surface area contributed by atoms with Gasteiger partial charge >= 0.3 is 0 Å². The molecule has 0 aliphatic heterocycles. The van der Waals surface area contributed by atoms with E-state index in [-0.39, 0.29) is 12.0 Å². The van der Waals surface area contributed by atoms with Crippen molar-refractivity contribution < 1.29 is 9.90 Å². The summed E-state index contributed by atoms with van der Waals surface area (Å²) in [4.78, 5) is 13.1. The molecular formula is C14H22N4O2. The molecule has 1 aliphatic rings. The normalized spacial score (nSPS) is 22.4. The molecule has 0 spiro atoms. The van der Waals surface area contributed by atoms with Gasteiger partial charge in [0.1, 0.15) is 5.82 Å². The number of amides is 1. The first-order valence-electron chi connectivity index (χ1n) is 7.03. The minimum atomic E-state index is -0.165. The van der Waals surface area contributed by atoms with E-state index in [2.05, 4.69) is 15.5 Å². The van der Waals surface area contributed by atoms with Crippen molar-refractivity contribution in [3.63, 3.8) is 0 Å². The largest absolute Gasteiger partial charge is 0.393 e. The van der Waals surface area contributed by atoms with Gasteiger partial charge in [-0.3, -0.25) is 4.79 Å². The summed E-state index contributed by atoms with van der Waals surface area (Å²) in [5.41, 5.74) is 0.341. The zero-order chi connectivity index (χ0) is 14.5. The Labute approximate surface area is 119 Å². The van der Waals surface area contributed by atoms with Crippen LogP contribution in [0.25, 0.3) is 0 Å². The van der Waals surface area contributed by atoms with E-state index < -0.39 is 0 Å². The summed E-state index contributed by atoms with van der Waals surface area (Å²) in [6, 6.07) is 3.44. The molecule has 2 N–H and O–H groups in total. The molecular weight excluding hydrogens is 256 g/mol. The average Bonchev–Trinajstić information content (AvgIpc) is 2.45. The number of aliphatic hydroxyl groups is 1. The predicted octanol–water partition coefficient (Wildman–Crippen LogP) is 1.14. The van der Waals surface area contributed by atoms with Crippen LogP contribution >= 0.6 is 0 Å². The lowest BCUT2D eigenvalue weighted by atomic mass is 9.87. The number of rotatable bonds is 4. The molecule has 1 fully saturated rings. The van der Waals surface area contributed by atoms with Crippen LogP contribution in [-0.4, -0.2) is 52.9 Å². The van der Waals surface area contributed by atoms with Crippen LogP contribution in [0.4, 0.5) is 5.82 Å². The lowest BCUT2D eigenvalue weighted by Gasteiger charge is -2.25. The van der Waals surface area contributed by atoms with Crippen molar-refractivity contribution in [2.24, 2.45) is 5.92 Å². The summed E-state index contributed by atoms with van der Waals surface area (Å²) in [7, 11) is 3.37. The summed E-state index contributed by atoms with van der Waals surface area (Å²) in [6.07, 6.45) is 3.81. The smallest absolute Gasteiger partial charge is 0.273 e. The van der Waals surface area contributed by atoms with E-state index in [9.17, 15) is 9.90 Å². The van der Waals surface area contributed by atoms with Crippen molar-refractivity contribution in [2.45, 2.75) is 31.8 Å². The van der Waals surface area contributed by atoms with Gasteiger partial charge in [0.15, 0.2) is 5.69 Å². The molecule has 0 aromatic carbocycles. The molecule has 6 heteroatoms. The summed E-state index contributed by atoms with van der Waals surface area (Å²) in [5.74, 6) is 0.989. The van der Waals surface area contributed by atoms with E-state index >= 15 is 0 Å². The van der Waals surface area contributed by atoms with Crippen molar-refractivity contribution in [1.29, 1.82) is 0 Å². The molecule has 110 valence electrons. The third-order valence-electron chi connectivity index (χ3n) is 3.62. The number of hydrogen-bond acceptors (Lipinski definition) is 5. The van der Waals surface area contributed by atoms with Crippen molar-refractivity contribution in [3.8, 4) is 0 Å². The maximum atomic E-state index is 11.7. The van der Waals surface area contributed by atoms with E-state index in [4.69, 9.17) is 0 Å². The standard InChI is InChI=1S/C14H22N4O2/c1-18(2)14(20)12-6-7-13(17-16-12)15-9-10-4-3-5-11(19)8-10/h6-7,10-11,19H,3-5,8-9H2,1-2H3,(H,15,17). The lowest BCUT2D eigenvalue weighted by molar-refractivity contribution is 0.0820. The molecule has 1 aromatic rings. The molecule has 2 atom stereocenters. The molecule has 0 radical (unpaired) electrons. The summed E-state index contributed by atoms with van der Waals surface area (Å²) >= 11 is 0. The van der Waals surface area contributed by atoms with Gasteiger partial charge in [-0.1, -0.05) is 6.42 Å². The minimum Gasteiger partial charge on any atom is -0.393 e. The highest BCUT2D eigenvalue weighted by Crippen LogP contribution is 2.24. The zero-order valence-electron chi connectivity index (χ0n) is 12.0. The first kappa shape index (κ1) is 14.7. The van der Waals surface area contributed by atoms with E-state index in [1.807, 2.05) is 0 Å². The van der Waals surface area contributed by atoms with Gasteiger partial charge in [-0.05, 0) is 37.3 Å². The number of nitrogens with zero attached hydrogens (tertiary/aromatic N) is 3. The second-order valence-corrected chi connectivity index (χ2v) is 5.57. The number of hydrogen-bond donors (Lipinski definition) is 2. The van der Waals surface area contributed by atoms with E-state index in [0.29, 0.717) is 17.4 Å². The fourth-order valence-electron chi connectivity index (χ4n) is 2.47. The van der Waals surface area contributed by atoms with E-state index in [1.165, 1.54) is 4.90 Å². The van der Waals surface area contributed by atoms with Gasteiger partial charge in [-0.15, -0.1) is 10.2 Å². The van der Waals surface area contributed by atoms with Crippen LogP contribution in [0.5, 0.6) is 0 Å². The quantitative estimate of drug-likeness (QED) is 0.863. The summed E-state index contributed by atoms with van der Waals surface area (Å²) < 4.78 is 0. The molecule has 1 aliphatic carbocycles. The van der Waals surface area contributed by atoms with Crippen LogP contribution in [0.1, 0.15) is 36.2 Å². The highest BCUT2D eigenvalue weighted by molar-refractivity contribution is 5.91. The number of carbonyl (C=O) groups is 1. The Balaban J connectivity index is 1.86. The lowest BCUT2D eigenvalue weighted by Crippen LogP contribution is -2.25. The number of aromatic nitrogens is 2. The van der Waals surface area contributed by atoms with E-state index in [1.54, 1.807) is 26.2 Å². The first-order valence-corrected chi connectivity index (χ1v) is 7.03. The van der Waals surface area contributed by atoms with Crippen LogP contribution in [0.15, 0.2) is 12.1 Å². The molecule has 1 amide bonds. The van der Waals surface area contributed by atoms with Crippen molar-refractivity contribution in [1.82, 2.24) is 15.1 Å². The molecule has 0 saturated heterocycles. The highest BCUT2D eigenvalue weighted by atomic mass is 16.3. The van der Waals surface area contributed by atoms with Gasteiger partial charge in [0.25, 0.3) is 5.91 Å². The third kappa shape index (κ3) is 3.90. The Hall–Kier alpha value is -1.69. The Morgan fingerprint density at radius 3 is 2.80 bits per heavy atom. The zero-order valence-corrected chi connectivity index (χ0v) is 12.0. The Morgan fingerprint density at radius 2 is 2.20 bits per heavy atom. The van der Waals surface area contributed by atoms with Crippen LogP contribution < -0.4 is 5.32 Å². The third-order valence-corrected chi connectivity index (χ3v) is 3.62. The van der Waals surface area contributed by atoms with Gasteiger partial charge in [0.05, 0.1) is 6.10 Å². The molecule has 0 bridgehead atoms. The fourth-order valence-corrected chi connectivity index (χ4v) is 2.47. The summed E-state index contributed by atoms with van der Waals surface area (Å²) in [5, 5.41) is 20.8. The molecule has 1 heterocycles. The van der Waals surface area contributed by atoms with E-state index in [0.717, 1.165) is 32.2 Å². The first-order chi connectivity index (χ1) is 9.56. The molecule has 2 rings (SSSR count). The van der Waals surface area contributed by atoms with Crippen LogP contribution in [0.2, 0.25) is 0 Å². The molecule has 1 aromatic heterocycles. The highest BCUT2D eigenvalue weighted by Gasteiger charge is 2.20. The maximum absolute atomic E-state index is 11.7. The topological polar surface area (TPSA) is 78.4 Å². The van der Waals surface area contributed by atoms with Gasteiger partial charge in [0.2, 0.25) is 0 Å². The predicted molar refractivity (Wildman–Crippen MR) is 76.5 cm³/mol. The number of aliphatic hydroxyl groups excluding tert-OH is 1. The second kappa shape index (κ2) is 6.65. The van der Waals surface area contributed by atoms with Crippen LogP contribution in [0, 0.1) is 5.92 Å². The maximum Gasteiger partial charge on any atom is 0.273 e. The number of carbonyl (C=O) groups excluding carboxylic acids is 1. The SMILES string of the molecule is CN(C)C(=O)c1ccc(NCC2CCCC(O)C2)nn1. The molecule has 1 saturated carbocycles. The minimum absolute atomic E-state index is 0.153. The Bertz CT molecular complexity index is 447. The summed E-state index contributed by atoms with van der Waals surface area (Å²) in [6.45, 7) is 0.784. The van der Waals surface area contributed by atoms with Gasteiger partial charge in [0, 0.05) is 20.6 Å². The van der Waals surface area contributed by atoms with Gasteiger partial charge < -0.3 is 15.3 Å².